The maximum Gasteiger partial charge on any atom is 0.407 e. The molecule has 2 amide bonds. The molecule has 0 saturated carbocycles. The summed E-state index contributed by atoms with van der Waals surface area (Å²) in [6, 6.07) is 15.6. The number of nitrogens with zero attached hydrogens (tertiary/aromatic N) is 2. The first-order valence-corrected chi connectivity index (χ1v) is 16.1. The minimum Gasteiger partial charge on any atom is -0.445 e. The molecule has 9 nitrogen and oxygen atoms in total. The Morgan fingerprint density at radius 1 is 0.974 bits per heavy atom. The SMILES string of the molecule is CC(C)(C)OC(=O)NCCc1ccc2c(c1)nc(CNC(=O)OCc1ccccc1)n2COCCS(C)(C)C. The second-order valence-electron chi connectivity index (χ2n) is 11.2. The van der Waals surface area contributed by atoms with Gasteiger partial charge in [0.1, 0.15) is 24.8 Å². The van der Waals surface area contributed by atoms with Gasteiger partial charge in [-0.05, 0) is 69.2 Å². The number of imidazole rings is 1. The molecule has 39 heavy (non-hydrogen) atoms. The van der Waals surface area contributed by atoms with Crippen LogP contribution in [0.1, 0.15) is 37.7 Å². The third-order valence-corrected chi connectivity index (χ3v) is 7.03. The van der Waals surface area contributed by atoms with Crippen LogP contribution in [-0.4, -0.2) is 65.0 Å². The zero-order chi connectivity index (χ0) is 28.5. The highest BCUT2D eigenvalue weighted by molar-refractivity contribution is 8.32. The number of ether oxygens (including phenoxy) is 3. The first-order valence-electron chi connectivity index (χ1n) is 13.0. The Morgan fingerprint density at radius 3 is 2.41 bits per heavy atom. The van der Waals surface area contributed by atoms with Gasteiger partial charge in [-0.25, -0.2) is 24.6 Å². The number of hydrogen-bond acceptors (Lipinski definition) is 6. The van der Waals surface area contributed by atoms with Crippen LogP contribution < -0.4 is 10.6 Å². The summed E-state index contributed by atoms with van der Waals surface area (Å²) in [6.45, 7) is 7.33. The van der Waals surface area contributed by atoms with E-state index in [1.807, 2.05) is 73.9 Å². The van der Waals surface area contributed by atoms with Crippen LogP contribution in [-0.2, 0) is 40.5 Å². The maximum atomic E-state index is 12.4. The zero-order valence-corrected chi connectivity index (χ0v) is 24.7. The lowest BCUT2D eigenvalue weighted by molar-refractivity contribution is 0.0528. The van der Waals surface area contributed by atoms with E-state index in [1.54, 1.807) is 0 Å². The monoisotopic (exact) mass is 558 g/mol. The number of benzene rings is 2. The first-order chi connectivity index (χ1) is 18.4. The average molecular weight is 559 g/mol. The quantitative estimate of drug-likeness (QED) is 0.296. The van der Waals surface area contributed by atoms with Crippen LogP contribution in [0, 0.1) is 0 Å². The topological polar surface area (TPSA) is 104 Å². The summed E-state index contributed by atoms with van der Waals surface area (Å²) in [7, 11) is -0.662. The molecule has 2 aromatic carbocycles. The number of nitrogens with one attached hydrogen (secondary N) is 2. The maximum absolute atomic E-state index is 12.4. The zero-order valence-electron chi connectivity index (χ0n) is 23.9. The number of carbonyl (C=O) groups excluding carboxylic acids is 2. The second-order valence-corrected chi connectivity index (χ2v) is 15.8. The Labute approximate surface area is 232 Å². The van der Waals surface area contributed by atoms with Crippen LogP contribution in [0.4, 0.5) is 9.59 Å². The van der Waals surface area contributed by atoms with Crippen LogP contribution in [0.2, 0.25) is 0 Å². The molecule has 0 atom stereocenters. The van der Waals surface area contributed by atoms with Crippen molar-refractivity contribution in [3.8, 4) is 0 Å². The fourth-order valence-electron chi connectivity index (χ4n) is 3.67. The molecule has 0 unspecified atom stereocenters. The standard InChI is InChI=1S/C29H42N4O5S/c1-29(2,3)38-28(35)30-15-14-22-12-13-25-24(18-22)32-26(33(25)21-36-16-17-39(4,5)6)19-31-27(34)37-20-23-10-8-7-9-11-23/h7-13,18H,14-17,19-21H2,1-6H3,(H,30,35)(H,31,34). The Hall–Kier alpha value is -3.24. The van der Waals surface area contributed by atoms with E-state index in [-0.39, 0.29) is 13.2 Å². The number of carbonyl (C=O) groups is 2. The highest BCUT2D eigenvalue weighted by Gasteiger charge is 2.16. The molecular weight excluding hydrogens is 516 g/mol. The van der Waals surface area contributed by atoms with Crippen LogP contribution >= 0.6 is 10.0 Å². The molecule has 0 aliphatic carbocycles. The number of alkyl carbamates (subject to hydrolysis) is 2. The molecule has 1 heterocycles. The third-order valence-electron chi connectivity index (χ3n) is 5.64. The molecule has 0 radical (unpaired) electrons. The van der Waals surface area contributed by atoms with E-state index in [9.17, 15) is 9.59 Å². The normalized spacial score (nSPS) is 12.3. The summed E-state index contributed by atoms with van der Waals surface area (Å²) in [5, 5.41) is 5.60. The predicted molar refractivity (Wildman–Crippen MR) is 157 cm³/mol. The fourth-order valence-corrected chi connectivity index (χ4v) is 4.29. The lowest BCUT2D eigenvalue weighted by Gasteiger charge is -2.24. The Bertz CT molecular complexity index is 1230. The number of rotatable bonds is 12. The smallest absolute Gasteiger partial charge is 0.407 e. The number of aromatic nitrogens is 2. The minimum atomic E-state index is -0.662. The van der Waals surface area contributed by atoms with Gasteiger partial charge in [0.25, 0.3) is 0 Å². The molecule has 2 N–H and O–H groups in total. The van der Waals surface area contributed by atoms with Crippen molar-refractivity contribution in [3.05, 3.63) is 65.5 Å². The third kappa shape index (κ3) is 10.8. The second kappa shape index (κ2) is 13.7. The summed E-state index contributed by atoms with van der Waals surface area (Å²) in [5.41, 5.74) is 3.12. The van der Waals surface area contributed by atoms with Gasteiger partial charge in [0.2, 0.25) is 0 Å². The molecule has 214 valence electrons. The van der Waals surface area contributed by atoms with E-state index >= 15 is 0 Å². The first kappa shape index (κ1) is 30.3. The molecule has 1 aromatic heterocycles. The van der Waals surface area contributed by atoms with Gasteiger partial charge in [-0.2, -0.15) is 0 Å². The van der Waals surface area contributed by atoms with Crippen molar-refractivity contribution in [2.24, 2.45) is 0 Å². The summed E-state index contributed by atoms with van der Waals surface area (Å²) in [6.07, 6.45) is 6.47. The summed E-state index contributed by atoms with van der Waals surface area (Å²) >= 11 is 0. The molecule has 0 bridgehead atoms. The van der Waals surface area contributed by atoms with Gasteiger partial charge in [-0.1, -0.05) is 36.4 Å². The molecule has 10 heteroatoms. The van der Waals surface area contributed by atoms with Crippen LogP contribution in [0.15, 0.2) is 48.5 Å². The van der Waals surface area contributed by atoms with Crippen molar-refractivity contribution in [1.82, 2.24) is 20.2 Å². The number of amides is 2. The van der Waals surface area contributed by atoms with Gasteiger partial charge in [-0.3, -0.25) is 0 Å². The molecule has 0 spiro atoms. The average Bonchev–Trinajstić information content (AvgIpc) is 3.19. The number of fused-ring (bicyclic) bond motifs is 1. The van der Waals surface area contributed by atoms with Crippen LogP contribution in [0.3, 0.4) is 0 Å². The highest BCUT2D eigenvalue weighted by Crippen LogP contribution is 2.33. The highest BCUT2D eigenvalue weighted by atomic mass is 32.3. The summed E-state index contributed by atoms with van der Waals surface area (Å²) < 4.78 is 18.6. The fraction of sp³-hybridized carbons (Fsp3) is 0.483. The minimum absolute atomic E-state index is 0.196. The van der Waals surface area contributed by atoms with Crippen LogP contribution in [0.25, 0.3) is 11.0 Å². The largest absolute Gasteiger partial charge is 0.445 e. The van der Waals surface area contributed by atoms with Gasteiger partial charge >= 0.3 is 12.2 Å². The van der Waals surface area contributed by atoms with Gasteiger partial charge in [0, 0.05) is 12.3 Å². The predicted octanol–water partition coefficient (Wildman–Crippen LogP) is 5.20. The molecular formula is C29H42N4O5S. The molecule has 0 aliphatic rings. The summed E-state index contributed by atoms with van der Waals surface area (Å²) in [4.78, 5) is 29.1. The van der Waals surface area contributed by atoms with E-state index in [0.29, 0.717) is 32.1 Å². The Balaban J connectivity index is 1.66. The Morgan fingerprint density at radius 2 is 1.72 bits per heavy atom. The van der Waals surface area contributed by atoms with Crippen molar-refractivity contribution in [2.75, 3.05) is 37.7 Å². The van der Waals surface area contributed by atoms with E-state index in [2.05, 4.69) is 29.4 Å². The van der Waals surface area contributed by atoms with Crippen molar-refractivity contribution in [3.63, 3.8) is 0 Å². The van der Waals surface area contributed by atoms with Crippen molar-refractivity contribution >= 4 is 33.2 Å². The molecule has 0 saturated heterocycles. The molecule has 3 rings (SSSR count). The van der Waals surface area contributed by atoms with Crippen molar-refractivity contribution < 1.29 is 23.8 Å². The summed E-state index contributed by atoms with van der Waals surface area (Å²) in [5.74, 6) is 1.68. The van der Waals surface area contributed by atoms with E-state index in [0.717, 1.165) is 27.9 Å². The van der Waals surface area contributed by atoms with Crippen molar-refractivity contribution in [1.29, 1.82) is 0 Å². The Kier molecular flexibility index (Phi) is 10.7. The van der Waals surface area contributed by atoms with Crippen LogP contribution in [0.5, 0.6) is 0 Å². The van der Waals surface area contributed by atoms with Crippen molar-refractivity contribution in [2.45, 2.75) is 52.7 Å². The molecule has 3 aromatic rings. The lowest BCUT2D eigenvalue weighted by Crippen LogP contribution is -2.33. The van der Waals surface area contributed by atoms with E-state index in [4.69, 9.17) is 19.2 Å². The van der Waals surface area contributed by atoms with E-state index < -0.39 is 27.8 Å². The van der Waals surface area contributed by atoms with Gasteiger partial charge < -0.3 is 29.4 Å². The van der Waals surface area contributed by atoms with Gasteiger partial charge in [0.15, 0.2) is 0 Å². The lowest BCUT2D eigenvalue weighted by atomic mass is 10.1. The van der Waals surface area contributed by atoms with E-state index in [1.165, 1.54) is 0 Å². The number of hydrogen-bond donors (Lipinski definition) is 2. The van der Waals surface area contributed by atoms with Gasteiger partial charge in [-0.15, -0.1) is 0 Å². The van der Waals surface area contributed by atoms with Gasteiger partial charge in [0.05, 0.1) is 24.2 Å². The molecule has 0 aliphatic heterocycles. The molecule has 0 fully saturated rings.